The molecule has 0 aromatic carbocycles. The number of anilines is 3. The van der Waals surface area contributed by atoms with Crippen molar-refractivity contribution >= 4 is 23.1 Å². The first-order valence-electron chi connectivity index (χ1n) is 14.2. The van der Waals surface area contributed by atoms with E-state index in [1.165, 1.54) is 19.3 Å². The van der Waals surface area contributed by atoms with Gasteiger partial charge in [0.1, 0.15) is 24.1 Å². The molecule has 0 radical (unpaired) electrons. The Labute approximate surface area is 227 Å². The van der Waals surface area contributed by atoms with Gasteiger partial charge in [-0.3, -0.25) is 4.79 Å². The smallest absolute Gasteiger partial charge is 0.162 e. The molecule has 0 spiro atoms. The van der Waals surface area contributed by atoms with E-state index in [2.05, 4.69) is 39.3 Å². The van der Waals surface area contributed by atoms with Gasteiger partial charge in [-0.1, -0.05) is 6.42 Å². The average Bonchev–Trinajstić information content (AvgIpc) is 2.93. The van der Waals surface area contributed by atoms with E-state index < -0.39 is 0 Å². The van der Waals surface area contributed by atoms with Gasteiger partial charge >= 0.3 is 0 Å². The first-order valence-corrected chi connectivity index (χ1v) is 14.2. The van der Waals surface area contributed by atoms with Crippen LogP contribution in [0.5, 0.6) is 0 Å². The van der Waals surface area contributed by atoms with Crippen LogP contribution < -0.4 is 10.6 Å². The number of ketones is 1. The number of likely N-dealkylation sites (tertiary alicyclic amines) is 1. The average molecular weight is 525 g/mol. The lowest BCUT2D eigenvalue weighted by atomic mass is 9.87. The maximum Gasteiger partial charge on any atom is 0.162 e. The molecule has 0 amide bonds. The van der Waals surface area contributed by atoms with Crippen molar-refractivity contribution in [2.24, 2.45) is 0 Å². The minimum atomic E-state index is 0.0570. The molecule has 2 fully saturated rings. The number of carbonyl (C=O) groups excluding carboxylic acids is 1. The topological polar surface area (TPSA) is 102 Å². The van der Waals surface area contributed by atoms with E-state index in [4.69, 9.17) is 14.5 Å². The molecular weight excluding hydrogens is 480 g/mol. The van der Waals surface area contributed by atoms with Gasteiger partial charge in [-0.15, -0.1) is 0 Å². The van der Waals surface area contributed by atoms with Crippen LogP contribution >= 0.6 is 0 Å². The van der Waals surface area contributed by atoms with Crippen molar-refractivity contribution in [3.8, 4) is 0 Å². The fourth-order valence-corrected chi connectivity index (χ4v) is 5.29. The predicted molar refractivity (Wildman–Crippen MR) is 150 cm³/mol. The highest BCUT2D eigenvalue weighted by Crippen LogP contribution is 2.32. The third-order valence-corrected chi connectivity index (χ3v) is 7.38. The highest BCUT2D eigenvalue weighted by Gasteiger charge is 2.24. The van der Waals surface area contributed by atoms with Crippen LogP contribution in [-0.2, 0) is 20.7 Å². The van der Waals surface area contributed by atoms with Crippen molar-refractivity contribution in [2.45, 2.75) is 83.3 Å². The molecule has 3 heterocycles. The summed E-state index contributed by atoms with van der Waals surface area (Å²) in [5, 5.41) is 6.79. The SMILES string of the molecule is COC1CCC(c2nccc(Nc3cc(NC(C)C)c(CC(=O)COCCN4CCCCC4)cn3)n2)CC1. The number of pyridine rings is 1. The lowest BCUT2D eigenvalue weighted by molar-refractivity contribution is -0.123. The van der Waals surface area contributed by atoms with Gasteiger partial charge in [0.2, 0.25) is 0 Å². The molecule has 0 bridgehead atoms. The summed E-state index contributed by atoms with van der Waals surface area (Å²) in [7, 11) is 1.79. The second-order valence-corrected chi connectivity index (χ2v) is 10.8. The maximum absolute atomic E-state index is 12.7. The highest BCUT2D eigenvalue weighted by atomic mass is 16.5. The molecule has 2 aromatic heterocycles. The third kappa shape index (κ3) is 8.71. The van der Waals surface area contributed by atoms with Crippen LogP contribution in [0.4, 0.5) is 17.3 Å². The number of Topliss-reactive ketones (excluding diaryl/α,β-unsaturated/α-hetero) is 1. The quantitative estimate of drug-likeness (QED) is 0.360. The lowest BCUT2D eigenvalue weighted by Gasteiger charge is -2.26. The molecule has 9 heteroatoms. The minimum absolute atomic E-state index is 0.0570. The third-order valence-electron chi connectivity index (χ3n) is 7.38. The van der Waals surface area contributed by atoms with Crippen molar-refractivity contribution in [1.29, 1.82) is 0 Å². The number of hydrogen-bond acceptors (Lipinski definition) is 9. The Morgan fingerprint density at radius 1 is 1.11 bits per heavy atom. The van der Waals surface area contributed by atoms with E-state index in [0.717, 1.165) is 68.2 Å². The van der Waals surface area contributed by atoms with Gasteiger partial charge in [0.25, 0.3) is 0 Å². The van der Waals surface area contributed by atoms with Crippen LogP contribution in [0.2, 0.25) is 0 Å². The molecule has 208 valence electrons. The summed E-state index contributed by atoms with van der Waals surface area (Å²) < 4.78 is 11.2. The lowest BCUT2D eigenvalue weighted by Crippen LogP contribution is -2.33. The second kappa shape index (κ2) is 14.5. The monoisotopic (exact) mass is 524 g/mol. The Bertz CT molecular complexity index is 1020. The van der Waals surface area contributed by atoms with Gasteiger partial charge in [-0.2, -0.15) is 0 Å². The fraction of sp³-hybridized carbons (Fsp3) is 0.655. The molecule has 9 nitrogen and oxygen atoms in total. The number of rotatable bonds is 13. The standard InChI is InChI=1S/C29H44N6O3/c1-21(2)32-26-18-28(33-27-11-12-30-29(34-27)22-7-9-25(37-3)10-8-22)31-19-23(26)17-24(36)20-38-16-15-35-13-5-4-6-14-35/h11-12,18-19,21-22,25H,4-10,13-17,20H2,1-3H3,(H2,30,31,32,33,34). The van der Waals surface area contributed by atoms with Crippen molar-refractivity contribution in [1.82, 2.24) is 19.9 Å². The normalized spacial score (nSPS) is 20.4. The van der Waals surface area contributed by atoms with Crippen LogP contribution in [0.25, 0.3) is 0 Å². The number of nitrogens with zero attached hydrogens (tertiary/aromatic N) is 4. The van der Waals surface area contributed by atoms with Gasteiger partial charge in [-0.05, 0) is 71.5 Å². The number of aromatic nitrogens is 3. The fourth-order valence-electron chi connectivity index (χ4n) is 5.29. The van der Waals surface area contributed by atoms with Crippen molar-refractivity contribution in [3.05, 3.63) is 35.9 Å². The highest BCUT2D eigenvalue weighted by molar-refractivity contribution is 5.84. The Morgan fingerprint density at radius 2 is 1.89 bits per heavy atom. The number of hydrogen-bond donors (Lipinski definition) is 2. The maximum atomic E-state index is 12.7. The molecule has 1 saturated carbocycles. The van der Waals surface area contributed by atoms with Crippen LogP contribution in [0.15, 0.2) is 24.5 Å². The Balaban J connectivity index is 1.33. The van der Waals surface area contributed by atoms with Gasteiger partial charge in [-0.25, -0.2) is 15.0 Å². The molecule has 38 heavy (non-hydrogen) atoms. The first kappa shape index (κ1) is 28.4. The number of piperidine rings is 1. The molecule has 2 N–H and O–H groups in total. The Kier molecular flexibility index (Phi) is 10.8. The van der Waals surface area contributed by atoms with Crippen LogP contribution in [0.3, 0.4) is 0 Å². The summed E-state index contributed by atoms with van der Waals surface area (Å²) in [4.78, 5) is 29.0. The molecule has 4 rings (SSSR count). The summed E-state index contributed by atoms with van der Waals surface area (Å²) in [6.45, 7) is 8.06. The van der Waals surface area contributed by atoms with Crippen LogP contribution in [0.1, 0.15) is 76.1 Å². The summed E-state index contributed by atoms with van der Waals surface area (Å²) in [5.41, 5.74) is 1.76. The molecule has 0 unspecified atom stereocenters. The molecule has 1 saturated heterocycles. The van der Waals surface area contributed by atoms with E-state index in [1.54, 1.807) is 19.5 Å². The van der Waals surface area contributed by atoms with Crippen molar-refractivity contribution < 1.29 is 14.3 Å². The largest absolute Gasteiger partial charge is 0.382 e. The zero-order valence-electron chi connectivity index (χ0n) is 23.2. The summed E-state index contributed by atoms with van der Waals surface area (Å²) in [6.07, 6.45) is 12.2. The molecule has 1 aliphatic heterocycles. The van der Waals surface area contributed by atoms with Crippen LogP contribution in [-0.4, -0.2) is 77.7 Å². The van der Waals surface area contributed by atoms with Gasteiger partial charge in [0.15, 0.2) is 5.78 Å². The van der Waals surface area contributed by atoms with Gasteiger partial charge in [0, 0.05) is 61.7 Å². The molecular formula is C29H44N6O3. The Morgan fingerprint density at radius 3 is 2.63 bits per heavy atom. The zero-order valence-corrected chi connectivity index (χ0v) is 23.2. The van der Waals surface area contributed by atoms with E-state index >= 15 is 0 Å². The van der Waals surface area contributed by atoms with E-state index in [1.807, 2.05) is 12.1 Å². The van der Waals surface area contributed by atoms with Crippen LogP contribution in [0, 0.1) is 0 Å². The summed E-state index contributed by atoms with van der Waals surface area (Å²) >= 11 is 0. The van der Waals surface area contributed by atoms with Gasteiger partial charge in [0.05, 0.1) is 12.7 Å². The van der Waals surface area contributed by atoms with Crippen molar-refractivity contribution in [3.63, 3.8) is 0 Å². The minimum Gasteiger partial charge on any atom is -0.382 e. The number of carbonyl (C=O) groups is 1. The summed E-state index contributed by atoms with van der Waals surface area (Å²) in [5.74, 6) is 2.67. The molecule has 2 aliphatic rings. The zero-order chi connectivity index (χ0) is 26.7. The number of methoxy groups -OCH3 is 1. The first-order chi connectivity index (χ1) is 18.5. The van der Waals surface area contributed by atoms with E-state index in [0.29, 0.717) is 24.4 Å². The second-order valence-electron chi connectivity index (χ2n) is 10.8. The molecule has 2 aromatic rings. The summed E-state index contributed by atoms with van der Waals surface area (Å²) in [6, 6.07) is 4.03. The molecule has 0 atom stereocenters. The Hall–Kier alpha value is -2.62. The predicted octanol–water partition coefficient (Wildman–Crippen LogP) is 4.72. The van der Waals surface area contributed by atoms with E-state index in [-0.39, 0.29) is 24.9 Å². The van der Waals surface area contributed by atoms with E-state index in [9.17, 15) is 4.79 Å². The number of nitrogens with one attached hydrogen (secondary N) is 2. The van der Waals surface area contributed by atoms with Crippen molar-refractivity contribution in [2.75, 3.05) is 50.6 Å². The number of ether oxygens (including phenoxy) is 2. The molecule has 1 aliphatic carbocycles. The van der Waals surface area contributed by atoms with Gasteiger partial charge < -0.3 is 25.0 Å².